The number of amides is 1. The lowest BCUT2D eigenvalue weighted by atomic mass is 10.3. The average Bonchev–Trinajstić information content (AvgIpc) is 2.73. The maximum absolute atomic E-state index is 11.0. The molecule has 0 atom stereocenters. The van der Waals surface area contributed by atoms with E-state index in [4.69, 9.17) is 29.4 Å². The van der Waals surface area contributed by atoms with E-state index in [1.54, 1.807) is 30.3 Å². The van der Waals surface area contributed by atoms with Gasteiger partial charge in [0.15, 0.2) is 0 Å². The first-order valence-corrected chi connectivity index (χ1v) is 9.86. The van der Waals surface area contributed by atoms with E-state index in [0.717, 1.165) is 11.4 Å². The molecule has 8 nitrogen and oxygen atoms in total. The number of hydrogen-bond donors (Lipinski definition) is 2. The quantitative estimate of drug-likeness (QED) is 0.339. The fourth-order valence-electron chi connectivity index (χ4n) is 2.42. The first kappa shape index (κ1) is 23.5. The molecule has 0 heterocycles. The number of carbonyl (C=O) groups is 1. The number of hydrogen-bond acceptors (Lipinski definition) is 7. The molecule has 1 amide bonds. The molecule has 8 heteroatoms. The summed E-state index contributed by atoms with van der Waals surface area (Å²) in [6, 6.07) is 14.5. The largest absolute Gasteiger partial charge is 0.491 e. The van der Waals surface area contributed by atoms with Crippen molar-refractivity contribution < 1.29 is 28.5 Å². The number of benzene rings is 2. The van der Waals surface area contributed by atoms with Crippen LogP contribution in [0.15, 0.2) is 48.5 Å². The van der Waals surface area contributed by atoms with E-state index >= 15 is 0 Å². The normalized spacial score (nSPS) is 10.6. The number of anilines is 2. The number of carbonyl (C=O) groups excluding carboxylic acids is 1. The fourth-order valence-corrected chi connectivity index (χ4v) is 2.42. The van der Waals surface area contributed by atoms with Crippen LogP contribution in [0.1, 0.15) is 6.92 Å². The minimum Gasteiger partial charge on any atom is -0.491 e. The second kappa shape index (κ2) is 14.2. The van der Waals surface area contributed by atoms with Gasteiger partial charge in [-0.25, -0.2) is 0 Å². The summed E-state index contributed by atoms with van der Waals surface area (Å²) >= 11 is 0. The van der Waals surface area contributed by atoms with Gasteiger partial charge in [0.2, 0.25) is 5.91 Å². The van der Waals surface area contributed by atoms with E-state index in [9.17, 15) is 4.79 Å². The van der Waals surface area contributed by atoms with Crippen molar-refractivity contribution >= 4 is 17.3 Å². The van der Waals surface area contributed by atoms with Crippen molar-refractivity contribution in [3.63, 3.8) is 0 Å². The number of nitrogen functional groups attached to an aromatic ring is 1. The predicted molar refractivity (Wildman–Crippen MR) is 115 cm³/mol. The lowest BCUT2D eigenvalue weighted by Gasteiger charge is -2.10. The van der Waals surface area contributed by atoms with Gasteiger partial charge in [-0.3, -0.25) is 4.79 Å². The molecular formula is C22H30N2O6. The fraction of sp³-hybridized carbons (Fsp3) is 0.409. The standard InChI is InChI=1S/C22H30N2O6/c1-18(25)24-19-6-8-20(9-7-19)29-16-14-27-12-10-26-11-13-28-15-17-30-22-5-3-2-4-21(22)23/h2-9H,10-17,23H2,1H3,(H,24,25). The summed E-state index contributed by atoms with van der Waals surface area (Å²) in [4.78, 5) is 11.0. The first-order valence-electron chi connectivity index (χ1n) is 9.86. The van der Waals surface area contributed by atoms with Crippen LogP contribution in [0.25, 0.3) is 0 Å². The lowest BCUT2D eigenvalue weighted by Crippen LogP contribution is -2.14. The first-order chi connectivity index (χ1) is 14.6. The molecule has 0 unspecified atom stereocenters. The molecule has 0 aliphatic carbocycles. The Kier molecular flexibility index (Phi) is 11.1. The molecule has 30 heavy (non-hydrogen) atoms. The summed E-state index contributed by atoms with van der Waals surface area (Å²) in [6.07, 6.45) is 0. The van der Waals surface area contributed by atoms with Crippen LogP contribution in [-0.2, 0) is 19.0 Å². The zero-order chi connectivity index (χ0) is 21.4. The summed E-state index contributed by atoms with van der Waals surface area (Å²) in [5.41, 5.74) is 7.14. The van der Waals surface area contributed by atoms with Gasteiger partial charge in [-0.2, -0.15) is 0 Å². The summed E-state index contributed by atoms with van der Waals surface area (Å²) < 4.78 is 27.4. The Balaban J connectivity index is 1.36. The predicted octanol–water partition coefficient (Wildman–Crippen LogP) is 2.73. The highest BCUT2D eigenvalue weighted by molar-refractivity contribution is 5.88. The molecule has 0 fully saturated rings. The molecule has 0 aliphatic rings. The summed E-state index contributed by atoms with van der Waals surface area (Å²) in [5, 5.41) is 2.70. The van der Waals surface area contributed by atoms with Crippen LogP contribution < -0.4 is 20.5 Å². The summed E-state index contributed by atoms with van der Waals surface area (Å²) in [5.74, 6) is 1.29. The van der Waals surface area contributed by atoms with Crippen LogP contribution in [0.4, 0.5) is 11.4 Å². The van der Waals surface area contributed by atoms with Crippen LogP contribution in [-0.4, -0.2) is 58.8 Å². The molecule has 0 spiro atoms. The molecule has 0 saturated heterocycles. The topological polar surface area (TPSA) is 101 Å². The molecule has 2 aromatic rings. The van der Waals surface area contributed by atoms with Gasteiger partial charge in [0.1, 0.15) is 24.7 Å². The second-order valence-corrected chi connectivity index (χ2v) is 6.28. The Morgan fingerprint density at radius 1 is 0.767 bits per heavy atom. The van der Waals surface area contributed by atoms with Crippen LogP contribution in [0.3, 0.4) is 0 Å². The minimum atomic E-state index is -0.103. The van der Waals surface area contributed by atoms with Crippen LogP contribution in [0.2, 0.25) is 0 Å². The van der Waals surface area contributed by atoms with Crippen molar-refractivity contribution in [3.05, 3.63) is 48.5 Å². The molecule has 3 N–H and O–H groups in total. The smallest absolute Gasteiger partial charge is 0.221 e. The number of rotatable bonds is 15. The summed E-state index contributed by atoms with van der Waals surface area (Å²) in [6.45, 7) is 5.25. The zero-order valence-corrected chi connectivity index (χ0v) is 17.3. The third-order valence-electron chi connectivity index (χ3n) is 3.82. The van der Waals surface area contributed by atoms with Crippen molar-refractivity contribution in [2.75, 3.05) is 63.9 Å². The second-order valence-electron chi connectivity index (χ2n) is 6.28. The number of para-hydroxylation sites is 2. The third-order valence-corrected chi connectivity index (χ3v) is 3.82. The Bertz CT molecular complexity index is 739. The number of nitrogens with one attached hydrogen (secondary N) is 1. The van der Waals surface area contributed by atoms with Gasteiger partial charge in [-0.1, -0.05) is 12.1 Å². The number of nitrogens with two attached hydrogens (primary N) is 1. The van der Waals surface area contributed by atoms with E-state index in [0.29, 0.717) is 64.3 Å². The molecule has 164 valence electrons. The molecule has 2 aromatic carbocycles. The average molecular weight is 418 g/mol. The Labute approximate surface area is 177 Å². The summed E-state index contributed by atoms with van der Waals surface area (Å²) in [7, 11) is 0. The van der Waals surface area contributed by atoms with Gasteiger partial charge in [0.05, 0.1) is 45.3 Å². The van der Waals surface area contributed by atoms with E-state index in [1.807, 2.05) is 18.2 Å². The van der Waals surface area contributed by atoms with Crippen molar-refractivity contribution in [3.8, 4) is 11.5 Å². The third kappa shape index (κ3) is 10.1. The molecule has 0 aliphatic heterocycles. The van der Waals surface area contributed by atoms with Gasteiger partial charge in [-0.05, 0) is 36.4 Å². The highest BCUT2D eigenvalue weighted by atomic mass is 16.6. The number of ether oxygens (including phenoxy) is 5. The Morgan fingerprint density at radius 2 is 1.30 bits per heavy atom. The van der Waals surface area contributed by atoms with Gasteiger partial charge in [-0.15, -0.1) is 0 Å². The van der Waals surface area contributed by atoms with Gasteiger partial charge in [0, 0.05) is 12.6 Å². The van der Waals surface area contributed by atoms with E-state index in [1.165, 1.54) is 6.92 Å². The molecule has 2 rings (SSSR count). The monoisotopic (exact) mass is 418 g/mol. The molecule has 0 bridgehead atoms. The van der Waals surface area contributed by atoms with Gasteiger partial charge in [0.25, 0.3) is 0 Å². The highest BCUT2D eigenvalue weighted by Gasteiger charge is 1.99. The Hall–Kier alpha value is -2.81. The zero-order valence-electron chi connectivity index (χ0n) is 17.3. The molecule has 0 radical (unpaired) electrons. The maximum Gasteiger partial charge on any atom is 0.221 e. The highest BCUT2D eigenvalue weighted by Crippen LogP contribution is 2.19. The van der Waals surface area contributed by atoms with Crippen LogP contribution in [0, 0.1) is 0 Å². The SMILES string of the molecule is CC(=O)Nc1ccc(OCCOCCOCCOCCOc2ccccc2N)cc1. The van der Waals surface area contributed by atoms with Crippen molar-refractivity contribution in [2.24, 2.45) is 0 Å². The van der Waals surface area contributed by atoms with E-state index < -0.39 is 0 Å². The van der Waals surface area contributed by atoms with Crippen LogP contribution in [0.5, 0.6) is 11.5 Å². The van der Waals surface area contributed by atoms with Gasteiger partial charge >= 0.3 is 0 Å². The van der Waals surface area contributed by atoms with Crippen LogP contribution >= 0.6 is 0 Å². The van der Waals surface area contributed by atoms with Crippen molar-refractivity contribution in [1.29, 1.82) is 0 Å². The molecule has 0 saturated carbocycles. The molecule has 0 aromatic heterocycles. The van der Waals surface area contributed by atoms with Crippen molar-refractivity contribution in [1.82, 2.24) is 0 Å². The van der Waals surface area contributed by atoms with E-state index in [2.05, 4.69) is 5.32 Å². The van der Waals surface area contributed by atoms with E-state index in [-0.39, 0.29) is 5.91 Å². The Morgan fingerprint density at radius 3 is 1.87 bits per heavy atom. The van der Waals surface area contributed by atoms with Gasteiger partial charge < -0.3 is 34.7 Å². The maximum atomic E-state index is 11.0. The lowest BCUT2D eigenvalue weighted by molar-refractivity contribution is -0.114. The minimum absolute atomic E-state index is 0.103. The van der Waals surface area contributed by atoms with Crippen molar-refractivity contribution in [2.45, 2.75) is 6.92 Å². The molecular weight excluding hydrogens is 388 g/mol.